The van der Waals surface area contributed by atoms with Crippen molar-refractivity contribution in [1.82, 2.24) is 23.9 Å². The largest absolute Gasteiger partial charge is 0.331 e. The molecule has 0 radical (unpaired) electrons. The van der Waals surface area contributed by atoms with Crippen molar-refractivity contribution in [1.29, 1.82) is 0 Å². The molecule has 0 fully saturated rings. The van der Waals surface area contributed by atoms with Crippen molar-refractivity contribution in [3.63, 3.8) is 0 Å². The van der Waals surface area contributed by atoms with Gasteiger partial charge in [-0.05, 0) is 6.42 Å². The van der Waals surface area contributed by atoms with E-state index in [-0.39, 0.29) is 0 Å². The number of aromatic nitrogens is 5. The highest BCUT2D eigenvalue weighted by Gasteiger charge is 2.14. The average Bonchev–Trinajstić information content (AvgIpc) is 2.91. The molecule has 0 N–H and O–H groups in total. The van der Waals surface area contributed by atoms with Gasteiger partial charge in [0.05, 0.1) is 0 Å². The third-order valence-corrected chi connectivity index (χ3v) is 2.77. The lowest BCUT2D eigenvalue weighted by atomic mass is 10.3. The van der Waals surface area contributed by atoms with Gasteiger partial charge in [0, 0.05) is 18.9 Å². The van der Waals surface area contributed by atoms with Crippen LogP contribution in [0.4, 0.5) is 0 Å². The van der Waals surface area contributed by atoms with E-state index < -0.39 is 0 Å². The summed E-state index contributed by atoms with van der Waals surface area (Å²) >= 11 is 0. The molecule has 1 aromatic heterocycles. The second-order valence-corrected chi connectivity index (χ2v) is 3.87. The van der Waals surface area contributed by atoms with Gasteiger partial charge in [-0.2, -0.15) is 0 Å². The van der Waals surface area contributed by atoms with Crippen LogP contribution in [0.2, 0.25) is 0 Å². The van der Waals surface area contributed by atoms with Crippen LogP contribution in [-0.4, -0.2) is 23.9 Å². The predicted molar refractivity (Wildman–Crippen MR) is 60.3 cm³/mol. The Labute approximate surface area is 93.1 Å². The maximum Gasteiger partial charge on any atom is 0.184 e. The van der Waals surface area contributed by atoms with Crippen molar-refractivity contribution in [2.75, 3.05) is 0 Å². The number of fused-ring (bicyclic) bond motifs is 3. The zero-order chi connectivity index (χ0) is 11.0. The van der Waals surface area contributed by atoms with Crippen LogP contribution in [0.15, 0.2) is 25.0 Å². The summed E-state index contributed by atoms with van der Waals surface area (Å²) in [5.41, 5.74) is 1.96. The van der Waals surface area contributed by atoms with E-state index in [1.165, 1.54) is 12.8 Å². The number of rotatable bonds is 3. The molecular formula is C11H13N5. The van der Waals surface area contributed by atoms with Crippen molar-refractivity contribution in [2.24, 2.45) is 0 Å². The van der Waals surface area contributed by atoms with Crippen LogP contribution in [0.25, 0.3) is 17.2 Å². The van der Waals surface area contributed by atoms with E-state index in [4.69, 9.17) is 0 Å². The van der Waals surface area contributed by atoms with Crippen molar-refractivity contribution in [3.8, 4) is 11.5 Å². The van der Waals surface area contributed by atoms with Crippen LogP contribution >= 0.6 is 0 Å². The summed E-state index contributed by atoms with van der Waals surface area (Å²) in [6.45, 7) is 3.21. The Bertz CT molecular complexity index is 579. The first-order valence-corrected chi connectivity index (χ1v) is 5.52. The van der Waals surface area contributed by atoms with Gasteiger partial charge in [0.2, 0.25) is 0 Å². The molecule has 0 spiro atoms. The Morgan fingerprint density at radius 2 is 2.12 bits per heavy atom. The number of hydrogen-bond donors (Lipinski definition) is 0. The summed E-state index contributed by atoms with van der Waals surface area (Å²) in [7, 11) is 0. The maximum absolute atomic E-state index is 4.27. The van der Waals surface area contributed by atoms with Crippen molar-refractivity contribution >= 4 is 5.65 Å². The summed E-state index contributed by atoms with van der Waals surface area (Å²) in [6, 6.07) is 0. The molecule has 82 valence electrons. The summed E-state index contributed by atoms with van der Waals surface area (Å²) in [5.74, 6) is 0.719. The molecule has 2 aliphatic rings. The number of aryl methyl sites for hydroxylation is 1. The first-order valence-electron chi connectivity index (χ1n) is 5.52. The minimum atomic E-state index is 0.719. The SMILES string of the molecule is CCCCn1ccn2cnc3ncnc-3c12. The average molecular weight is 215 g/mol. The van der Waals surface area contributed by atoms with E-state index in [2.05, 4.69) is 32.6 Å². The number of imidazole rings is 2. The molecule has 0 unspecified atom stereocenters. The standard InChI is InChI=1S/C11H13N5/c1-2-3-4-15-5-6-16-8-14-10-9(11(15)16)12-7-13-10/h5-8H,2-4H2,1H3. The molecule has 0 saturated heterocycles. The fraction of sp³-hybridized carbons (Fsp3) is 0.364. The molecule has 2 aliphatic heterocycles. The highest BCUT2D eigenvalue weighted by molar-refractivity contribution is 5.69. The quantitative estimate of drug-likeness (QED) is 0.669. The van der Waals surface area contributed by atoms with Gasteiger partial charge in [-0.3, -0.25) is 4.40 Å². The van der Waals surface area contributed by atoms with Gasteiger partial charge in [0.15, 0.2) is 11.5 Å². The van der Waals surface area contributed by atoms with Gasteiger partial charge < -0.3 is 4.57 Å². The van der Waals surface area contributed by atoms with Crippen molar-refractivity contribution in [3.05, 3.63) is 25.0 Å². The molecule has 3 rings (SSSR count). The maximum atomic E-state index is 4.27. The predicted octanol–water partition coefficient (Wildman–Crippen LogP) is 1.83. The zero-order valence-electron chi connectivity index (χ0n) is 9.17. The van der Waals surface area contributed by atoms with Crippen LogP contribution in [0, 0.1) is 0 Å². The molecule has 0 aromatic carbocycles. The van der Waals surface area contributed by atoms with Crippen LogP contribution in [-0.2, 0) is 6.54 Å². The molecule has 0 aliphatic carbocycles. The minimum Gasteiger partial charge on any atom is -0.331 e. The Kier molecular flexibility index (Phi) is 2.09. The lowest BCUT2D eigenvalue weighted by molar-refractivity contribution is 0.646. The van der Waals surface area contributed by atoms with E-state index in [9.17, 15) is 0 Å². The van der Waals surface area contributed by atoms with Gasteiger partial charge in [-0.1, -0.05) is 13.3 Å². The molecule has 16 heavy (non-hydrogen) atoms. The fourth-order valence-electron chi connectivity index (χ4n) is 1.93. The summed E-state index contributed by atoms with van der Waals surface area (Å²) < 4.78 is 4.20. The van der Waals surface area contributed by atoms with Crippen LogP contribution in [0.1, 0.15) is 19.8 Å². The number of unbranched alkanes of at least 4 members (excludes halogenated alkanes) is 1. The summed E-state index contributed by atoms with van der Waals surface area (Å²) in [4.78, 5) is 12.6. The van der Waals surface area contributed by atoms with Crippen molar-refractivity contribution in [2.45, 2.75) is 26.3 Å². The summed E-state index contributed by atoms with van der Waals surface area (Å²) in [6.07, 6.45) is 9.78. The van der Waals surface area contributed by atoms with Gasteiger partial charge in [-0.25, -0.2) is 15.0 Å². The zero-order valence-corrected chi connectivity index (χ0v) is 9.17. The topological polar surface area (TPSA) is 48.0 Å². The Hall–Kier alpha value is -1.91. The monoisotopic (exact) mass is 215 g/mol. The van der Waals surface area contributed by atoms with Gasteiger partial charge in [0.25, 0.3) is 0 Å². The first kappa shape index (κ1) is 9.33. The molecule has 1 aromatic rings. The Morgan fingerprint density at radius 1 is 1.19 bits per heavy atom. The van der Waals surface area contributed by atoms with Gasteiger partial charge in [-0.15, -0.1) is 0 Å². The lowest BCUT2D eigenvalue weighted by Gasteiger charge is -2.05. The molecule has 5 heteroatoms. The molecule has 0 amide bonds. The van der Waals surface area contributed by atoms with Crippen LogP contribution in [0.3, 0.4) is 0 Å². The Morgan fingerprint density at radius 3 is 3.00 bits per heavy atom. The van der Waals surface area contributed by atoms with Gasteiger partial charge in [0.1, 0.15) is 18.3 Å². The van der Waals surface area contributed by atoms with Crippen LogP contribution in [0.5, 0.6) is 0 Å². The number of hydrogen-bond acceptors (Lipinski definition) is 3. The second-order valence-electron chi connectivity index (χ2n) is 3.87. The van der Waals surface area contributed by atoms with E-state index in [1.807, 2.05) is 10.6 Å². The highest BCUT2D eigenvalue weighted by Crippen LogP contribution is 2.20. The third-order valence-electron chi connectivity index (χ3n) is 2.77. The highest BCUT2D eigenvalue weighted by atomic mass is 15.2. The molecule has 0 bridgehead atoms. The molecule has 5 nitrogen and oxygen atoms in total. The lowest BCUT2D eigenvalue weighted by Crippen LogP contribution is -2.01. The molecular weight excluding hydrogens is 202 g/mol. The molecule has 0 atom stereocenters. The fourth-order valence-corrected chi connectivity index (χ4v) is 1.93. The van der Waals surface area contributed by atoms with E-state index in [0.29, 0.717) is 0 Å². The van der Waals surface area contributed by atoms with E-state index >= 15 is 0 Å². The number of nitrogens with zero attached hydrogens (tertiary/aromatic N) is 5. The smallest absolute Gasteiger partial charge is 0.184 e. The summed E-state index contributed by atoms with van der Waals surface area (Å²) in [5, 5.41) is 0. The van der Waals surface area contributed by atoms with E-state index in [0.717, 1.165) is 23.7 Å². The normalized spacial score (nSPS) is 11.6. The Balaban J connectivity index is 2.19. The molecule has 0 saturated carbocycles. The van der Waals surface area contributed by atoms with Crippen molar-refractivity contribution < 1.29 is 0 Å². The second kappa shape index (κ2) is 3.59. The van der Waals surface area contributed by atoms with Crippen LogP contribution < -0.4 is 0 Å². The van der Waals surface area contributed by atoms with Gasteiger partial charge >= 0.3 is 0 Å². The molecule has 3 heterocycles. The minimum absolute atomic E-state index is 0.719. The third kappa shape index (κ3) is 1.28. The first-order chi connectivity index (χ1) is 7.90. The van der Waals surface area contributed by atoms with E-state index in [1.54, 1.807) is 12.7 Å².